The number of rotatable bonds is 3. The average Bonchev–Trinajstić information content (AvgIpc) is 2.28. The molecule has 0 bridgehead atoms. The van der Waals surface area contributed by atoms with Crippen molar-refractivity contribution < 1.29 is 9.50 Å². The minimum Gasteiger partial charge on any atom is -0.385 e. The summed E-state index contributed by atoms with van der Waals surface area (Å²) < 4.78 is 13.8. The van der Waals surface area contributed by atoms with E-state index in [1.165, 1.54) is 12.1 Å². The highest BCUT2D eigenvalue weighted by Gasteiger charge is 2.11. The minimum absolute atomic E-state index is 0.278. The fourth-order valence-electron chi connectivity index (χ4n) is 1.53. The molecule has 0 amide bonds. The molecule has 0 spiro atoms. The Morgan fingerprint density at radius 2 is 1.94 bits per heavy atom. The molecule has 1 N–H and O–H groups in total. The van der Waals surface area contributed by atoms with Crippen LogP contribution in [0.25, 0.3) is 0 Å². The lowest BCUT2D eigenvalue weighted by Gasteiger charge is -2.09. The number of benzene rings is 1. The van der Waals surface area contributed by atoms with Gasteiger partial charge in [-0.05, 0) is 29.8 Å². The summed E-state index contributed by atoms with van der Waals surface area (Å²) in [5.74, 6) is 0.00318. The number of hydrogen-bond donors (Lipinski definition) is 1. The van der Waals surface area contributed by atoms with Gasteiger partial charge in [0.15, 0.2) is 5.82 Å². The molecule has 1 atom stereocenters. The third-order valence-corrected chi connectivity index (χ3v) is 2.69. The molecular formula is C12H10BrFN2O. The number of hydrogen-bond acceptors (Lipinski definition) is 3. The van der Waals surface area contributed by atoms with Crippen molar-refractivity contribution in [2.24, 2.45) is 0 Å². The van der Waals surface area contributed by atoms with E-state index < -0.39 is 6.10 Å². The molecule has 0 radical (unpaired) electrons. The van der Waals surface area contributed by atoms with Crippen LogP contribution in [-0.2, 0) is 6.42 Å². The molecule has 0 saturated heterocycles. The van der Waals surface area contributed by atoms with Gasteiger partial charge in [-0.1, -0.05) is 15.9 Å². The number of halogens is 2. The van der Waals surface area contributed by atoms with Crippen molar-refractivity contribution in [3.63, 3.8) is 0 Å². The van der Waals surface area contributed by atoms with E-state index in [9.17, 15) is 9.50 Å². The van der Waals surface area contributed by atoms with Crippen LogP contribution >= 0.6 is 15.9 Å². The number of nitrogens with zero attached hydrogens (tertiary/aromatic N) is 2. The topological polar surface area (TPSA) is 46.0 Å². The van der Waals surface area contributed by atoms with Crippen LogP contribution in [-0.4, -0.2) is 15.1 Å². The Morgan fingerprint density at radius 1 is 1.24 bits per heavy atom. The molecule has 0 aliphatic rings. The van der Waals surface area contributed by atoms with Gasteiger partial charge in [-0.3, -0.25) is 0 Å². The monoisotopic (exact) mass is 296 g/mol. The Labute approximate surface area is 106 Å². The van der Waals surface area contributed by atoms with E-state index in [1.54, 1.807) is 24.5 Å². The van der Waals surface area contributed by atoms with Gasteiger partial charge >= 0.3 is 0 Å². The predicted octanol–water partition coefficient (Wildman–Crippen LogP) is 2.65. The smallest absolute Gasteiger partial charge is 0.157 e. The first kappa shape index (κ1) is 12.1. The standard InChI is InChI=1S/C12H10BrFN2O/c13-9-4-8(5-10(14)7-9)6-11(17)12-15-2-1-3-16-12/h1-5,7,11,17H,6H2. The second kappa shape index (κ2) is 5.33. The third kappa shape index (κ3) is 3.31. The molecule has 2 aromatic rings. The summed E-state index contributed by atoms with van der Waals surface area (Å²) in [6.45, 7) is 0. The minimum atomic E-state index is -0.829. The van der Waals surface area contributed by atoms with Crippen molar-refractivity contribution in [3.8, 4) is 0 Å². The van der Waals surface area contributed by atoms with E-state index >= 15 is 0 Å². The molecule has 88 valence electrons. The lowest BCUT2D eigenvalue weighted by molar-refractivity contribution is 0.168. The van der Waals surface area contributed by atoms with E-state index in [2.05, 4.69) is 25.9 Å². The highest BCUT2D eigenvalue weighted by atomic mass is 79.9. The van der Waals surface area contributed by atoms with Gasteiger partial charge in [-0.25, -0.2) is 14.4 Å². The summed E-state index contributed by atoms with van der Waals surface area (Å²) in [6.07, 6.45) is 2.57. The fraction of sp³-hybridized carbons (Fsp3) is 0.167. The fourth-order valence-corrected chi connectivity index (χ4v) is 2.04. The van der Waals surface area contributed by atoms with Crippen LogP contribution in [0, 0.1) is 5.82 Å². The second-order valence-corrected chi connectivity index (χ2v) is 4.52. The van der Waals surface area contributed by atoms with Crippen LogP contribution in [0.2, 0.25) is 0 Å². The Kier molecular flexibility index (Phi) is 3.81. The average molecular weight is 297 g/mol. The number of aliphatic hydroxyl groups excluding tert-OH is 1. The number of aliphatic hydroxyl groups is 1. The Morgan fingerprint density at radius 3 is 2.59 bits per heavy atom. The third-order valence-electron chi connectivity index (χ3n) is 2.24. The molecule has 17 heavy (non-hydrogen) atoms. The second-order valence-electron chi connectivity index (χ2n) is 3.60. The quantitative estimate of drug-likeness (QED) is 0.947. The first-order valence-corrected chi connectivity index (χ1v) is 5.84. The van der Waals surface area contributed by atoms with E-state index in [-0.39, 0.29) is 12.2 Å². The van der Waals surface area contributed by atoms with Gasteiger partial charge in [0.2, 0.25) is 0 Å². The molecular weight excluding hydrogens is 287 g/mol. The Hall–Kier alpha value is -1.33. The van der Waals surface area contributed by atoms with Crippen LogP contribution in [0.1, 0.15) is 17.5 Å². The van der Waals surface area contributed by atoms with Crippen LogP contribution in [0.15, 0.2) is 41.1 Å². The summed E-state index contributed by atoms with van der Waals surface area (Å²) in [7, 11) is 0. The maximum absolute atomic E-state index is 13.1. The maximum atomic E-state index is 13.1. The molecule has 0 fully saturated rings. The molecule has 5 heteroatoms. The van der Waals surface area contributed by atoms with Crippen LogP contribution in [0.3, 0.4) is 0 Å². The van der Waals surface area contributed by atoms with Crippen molar-refractivity contribution in [1.82, 2.24) is 9.97 Å². The van der Waals surface area contributed by atoms with Crippen LogP contribution in [0.4, 0.5) is 4.39 Å². The summed E-state index contributed by atoms with van der Waals surface area (Å²) >= 11 is 3.21. The Balaban J connectivity index is 2.16. The molecule has 0 saturated carbocycles. The van der Waals surface area contributed by atoms with Gasteiger partial charge in [0.05, 0.1) is 0 Å². The maximum Gasteiger partial charge on any atom is 0.157 e. The van der Waals surface area contributed by atoms with E-state index in [4.69, 9.17) is 0 Å². The van der Waals surface area contributed by atoms with Crippen LogP contribution in [0.5, 0.6) is 0 Å². The zero-order chi connectivity index (χ0) is 12.3. The predicted molar refractivity (Wildman–Crippen MR) is 64.8 cm³/mol. The highest BCUT2D eigenvalue weighted by Crippen LogP contribution is 2.19. The molecule has 2 rings (SSSR count). The molecule has 1 aromatic heterocycles. The van der Waals surface area contributed by atoms with Gasteiger partial charge in [0, 0.05) is 23.3 Å². The molecule has 1 aromatic carbocycles. The summed E-state index contributed by atoms with van der Waals surface area (Å²) in [6, 6.07) is 6.19. The Bertz CT molecular complexity index is 487. The van der Waals surface area contributed by atoms with Gasteiger partial charge in [-0.2, -0.15) is 0 Å². The molecule has 3 nitrogen and oxygen atoms in total. The van der Waals surface area contributed by atoms with E-state index in [0.717, 1.165) is 0 Å². The van der Waals surface area contributed by atoms with Crippen molar-refractivity contribution in [1.29, 1.82) is 0 Å². The number of aromatic nitrogens is 2. The largest absolute Gasteiger partial charge is 0.385 e. The van der Waals surface area contributed by atoms with Gasteiger partial charge < -0.3 is 5.11 Å². The first-order valence-electron chi connectivity index (χ1n) is 5.05. The van der Waals surface area contributed by atoms with Gasteiger partial charge in [-0.15, -0.1) is 0 Å². The van der Waals surface area contributed by atoms with Crippen molar-refractivity contribution in [2.45, 2.75) is 12.5 Å². The normalized spacial score (nSPS) is 12.4. The van der Waals surface area contributed by atoms with Gasteiger partial charge in [0.25, 0.3) is 0 Å². The molecule has 1 unspecified atom stereocenters. The van der Waals surface area contributed by atoms with E-state index in [1.807, 2.05) is 0 Å². The summed E-state index contributed by atoms with van der Waals surface area (Å²) in [4.78, 5) is 7.91. The zero-order valence-electron chi connectivity index (χ0n) is 8.85. The highest BCUT2D eigenvalue weighted by molar-refractivity contribution is 9.10. The first-order chi connectivity index (χ1) is 8.15. The lowest BCUT2D eigenvalue weighted by atomic mass is 10.1. The van der Waals surface area contributed by atoms with Crippen LogP contribution < -0.4 is 0 Å². The zero-order valence-corrected chi connectivity index (χ0v) is 10.4. The molecule has 0 aliphatic carbocycles. The summed E-state index contributed by atoms with van der Waals surface area (Å²) in [5.41, 5.74) is 0.692. The summed E-state index contributed by atoms with van der Waals surface area (Å²) in [5, 5.41) is 9.89. The van der Waals surface area contributed by atoms with Gasteiger partial charge in [0.1, 0.15) is 11.9 Å². The van der Waals surface area contributed by atoms with Crippen molar-refractivity contribution in [2.75, 3.05) is 0 Å². The van der Waals surface area contributed by atoms with E-state index in [0.29, 0.717) is 15.9 Å². The SMILES string of the molecule is OC(Cc1cc(F)cc(Br)c1)c1ncccn1. The molecule has 1 heterocycles. The van der Waals surface area contributed by atoms with Crippen molar-refractivity contribution in [3.05, 3.63) is 58.3 Å². The van der Waals surface area contributed by atoms with Crippen molar-refractivity contribution >= 4 is 15.9 Å². The lowest BCUT2D eigenvalue weighted by Crippen LogP contribution is -2.06. The molecule has 0 aliphatic heterocycles.